The molecule has 1 saturated heterocycles. The van der Waals surface area contributed by atoms with Crippen LogP contribution in [0.15, 0.2) is 36.4 Å². The van der Waals surface area contributed by atoms with Crippen LogP contribution in [0.3, 0.4) is 0 Å². The van der Waals surface area contributed by atoms with Crippen molar-refractivity contribution in [3.05, 3.63) is 42.0 Å². The quantitative estimate of drug-likeness (QED) is 0.303. The Morgan fingerprint density at radius 3 is 1.85 bits per heavy atom. The van der Waals surface area contributed by atoms with Gasteiger partial charge in [0.15, 0.2) is 12.2 Å². The lowest BCUT2D eigenvalue weighted by Gasteiger charge is -2.43. The minimum atomic E-state index is -1.53. The number of benzene rings is 1. The first-order valence-electron chi connectivity index (χ1n) is 10.3. The Balaban J connectivity index is 2.27. The van der Waals surface area contributed by atoms with Gasteiger partial charge in [-0.1, -0.05) is 30.3 Å². The maximum atomic E-state index is 12.2. The summed E-state index contributed by atoms with van der Waals surface area (Å²) >= 11 is 0. The molecule has 1 aromatic carbocycles. The molecule has 1 aromatic rings. The average Bonchev–Trinajstić information content (AvgIpc) is 2.74. The summed E-state index contributed by atoms with van der Waals surface area (Å²) < 4.78 is 31.6. The molecule has 0 aliphatic carbocycles. The summed E-state index contributed by atoms with van der Waals surface area (Å²) in [7, 11) is 0. The molecule has 11 nitrogen and oxygen atoms in total. The van der Waals surface area contributed by atoms with Crippen LogP contribution >= 0.6 is 0 Å². The molecule has 0 spiro atoms. The molecule has 5 unspecified atom stereocenters. The van der Waals surface area contributed by atoms with E-state index in [2.05, 4.69) is 0 Å². The van der Waals surface area contributed by atoms with Crippen LogP contribution in [-0.4, -0.2) is 67.2 Å². The van der Waals surface area contributed by atoms with E-state index in [9.17, 15) is 24.0 Å². The van der Waals surface area contributed by atoms with E-state index in [1.54, 1.807) is 24.3 Å². The van der Waals surface area contributed by atoms with E-state index in [1.807, 2.05) is 6.07 Å². The van der Waals surface area contributed by atoms with E-state index in [-0.39, 0.29) is 0 Å². The molecule has 1 aliphatic heterocycles. The highest BCUT2D eigenvalue weighted by Gasteiger charge is 2.53. The monoisotopic (exact) mass is 478 g/mol. The Labute approximate surface area is 195 Å². The van der Waals surface area contributed by atoms with Crippen molar-refractivity contribution in [1.29, 1.82) is 0 Å². The number of esters is 5. The van der Waals surface area contributed by atoms with Crippen molar-refractivity contribution in [2.75, 3.05) is 6.61 Å². The van der Waals surface area contributed by atoms with E-state index >= 15 is 0 Å². The molecule has 1 aliphatic rings. The standard InChI is InChI=1S/C23H26O11/c1-13(24)30-20-18(12-29-19(28)11-10-17-8-6-5-7-9-17)34-23(33-16(4)27)22(32-15(3)26)21(20)31-14(2)25/h5-11,18,20-23H,12H2,1-4H3. The van der Waals surface area contributed by atoms with Crippen LogP contribution < -0.4 is 0 Å². The molecule has 0 N–H and O–H groups in total. The third kappa shape index (κ3) is 8.32. The molecule has 0 saturated carbocycles. The number of rotatable bonds is 8. The van der Waals surface area contributed by atoms with Gasteiger partial charge in [-0.3, -0.25) is 19.2 Å². The van der Waals surface area contributed by atoms with E-state index in [1.165, 1.54) is 12.2 Å². The van der Waals surface area contributed by atoms with Crippen molar-refractivity contribution < 1.29 is 52.4 Å². The van der Waals surface area contributed by atoms with Gasteiger partial charge < -0.3 is 28.4 Å². The molecular weight excluding hydrogens is 452 g/mol. The third-order valence-corrected chi connectivity index (χ3v) is 4.38. The summed E-state index contributed by atoms with van der Waals surface area (Å²) in [4.78, 5) is 58.9. The van der Waals surface area contributed by atoms with Crippen molar-refractivity contribution in [3.8, 4) is 0 Å². The highest BCUT2D eigenvalue weighted by atomic mass is 16.7. The molecule has 0 amide bonds. The van der Waals surface area contributed by atoms with Crippen LogP contribution in [0.4, 0.5) is 0 Å². The highest BCUT2D eigenvalue weighted by Crippen LogP contribution is 2.30. The van der Waals surface area contributed by atoms with Crippen LogP contribution in [0.2, 0.25) is 0 Å². The maximum Gasteiger partial charge on any atom is 0.330 e. The van der Waals surface area contributed by atoms with Crippen molar-refractivity contribution in [3.63, 3.8) is 0 Å². The van der Waals surface area contributed by atoms with Gasteiger partial charge in [-0.25, -0.2) is 4.79 Å². The van der Waals surface area contributed by atoms with Gasteiger partial charge in [0.2, 0.25) is 12.4 Å². The zero-order valence-electron chi connectivity index (χ0n) is 19.1. The third-order valence-electron chi connectivity index (χ3n) is 4.38. The topological polar surface area (TPSA) is 141 Å². The summed E-state index contributed by atoms with van der Waals surface area (Å²) in [6.45, 7) is 3.92. The number of hydrogen-bond acceptors (Lipinski definition) is 11. The number of hydrogen-bond donors (Lipinski definition) is 0. The summed E-state index contributed by atoms with van der Waals surface area (Å²) in [6, 6.07) is 9.00. The van der Waals surface area contributed by atoms with Gasteiger partial charge in [-0.2, -0.15) is 0 Å². The fraction of sp³-hybridized carbons (Fsp3) is 0.435. The molecule has 184 valence electrons. The van der Waals surface area contributed by atoms with E-state index in [0.717, 1.165) is 33.3 Å². The SMILES string of the molecule is CC(=O)OC1OC(COC(=O)C=Cc2ccccc2)C(OC(C)=O)C(OC(C)=O)C1OC(C)=O. The molecule has 34 heavy (non-hydrogen) atoms. The fourth-order valence-corrected chi connectivity index (χ4v) is 3.19. The first kappa shape index (κ1) is 26.5. The van der Waals surface area contributed by atoms with Crippen molar-refractivity contribution in [2.24, 2.45) is 0 Å². The highest BCUT2D eigenvalue weighted by molar-refractivity contribution is 5.87. The summed E-state index contributed by atoms with van der Waals surface area (Å²) in [5, 5.41) is 0. The van der Waals surface area contributed by atoms with Gasteiger partial charge in [-0.05, 0) is 11.6 Å². The molecule has 0 radical (unpaired) electrons. The van der Waals surface area contributed by atoms with Crippen molar-refractivity contribution >= 4 is 35.9 Å². The first-order valence-corrected chi connectivity index (χ1v) is 10.3. The Hall–Kier alpha value is -3.73. The second-order valence-electron chi connectivity index (χ2n) is 7.25. The van der Waals surface area contributed by atoms with Crippen LogP contribution in [0.1, 0.15) is 33.3 Å². The lowest BCUT2D eigenvalue weighted by atomic mass is 9.98. The predicted octanol–water partition coefficient (Wildman–Crippen LogP) is 1.33. The average molecular weight is 478 g/mol. The Kier molecular flexibility index (Phi) is 9.75. The second-order valence-corrected chi connectivity index (χ2v) is 7.25. The van der Waals surface area contributed by atoms with Crippen molar-refractivity contribution in [1.82, 2.24) is 0 Å². The van der Waals surface area contributed by atoms with Gasteiger partial charge in [-0.15, -0.1) is 0 Å². The minimum Gasteiger partial charge on any atom is -0.460 e. The molecule has 5 atom stereocenters. The van der Waals surface area contributed by atoms with Crippen LogP contribution in [-0.2, 0) is 52.4 Å². The Morgan fingerprint density at radius 2 is 1.29 bits per heavy atom. The summed E-state index contributed by atoms with van der Waals surface area (Å²) in [6.07, 6.45) is -4.23. The Morgan fingerprint density at radius 1 is 0.765 bits per heavy atom. The molecule has 0 bridgehead atoms. The van der Waals surface area contributed by atoms with E-state index in [4.69, 9.17) is 28.4 Å². The second kappa shape index (κ2) is 12.5. The fourth-order valence-electron chi connectivity index (χ4n) is 3.19. The lowest BCUT2D eigenvalue weighted by molar-refractivity contribution is -0.300. The largest absolute Gasteiger partial charge is 0.460 e. The molecule has 1 fully saturated rings. The summed E-state index contributed by atoms with van der Waals surface area (Å²) in [5.41, 5.74) is 0.764. The van der Waals surface area contributed by atoms with Crippen molar-refractivity contribution in [2.45, 2.75) is 58.4 Å². The zero-order chi connectivity index (χ0) is 25.3. The number of carbonyl (C=O) groups excluding carboxylic acids is 5. The smallest absolute Gasteiger partial charge is 0.330 e. The molecular formula is C23H26O11. The number of carbonyl (C=O) groups is 5. The van der Waals surface area contributed by atoms with Crippen LogP contribution in [0, 0.1) is 0 Å². The Bertz CT molecular complexity index is 924. The van der Waals surface area contributed by atoms with E-state index < -0.39 is 67.2 Å². The van der Waals surface area contributed by atoms with Gasteiger partial charge in [0.05, 0.1) is 0 Å². The van der Waals surface area contributed by atoms with Gasteiger partial charge in [0.1, 0.15) is 12.7 Å². The maximum absolute atomic E-state index is 12.2. The molecule has 0 aromatic heterocycles. The van der Waals surface area contributed by atoms with E-state index in [0.29, 0.717) is 0 Å². The van der Waals surface area contributed by atoms with Gasteiger partial charge in [0, 0.05) is 33.8 Å². The normalized spacial score (nSPS) is 24.1. The summed E-state index contributed by atoms with van der Waals surface area (Å²) in [5.74, 6) is -3.86. The predicted molar refractivity (Wildman–Crippen MR) is 114 cm³/mol. The van der Waals surface area contributed by atoms with Gasteiger partial charge >= 0.3 is 29.8 Å². The first-order chi connectivity index (χ1) is 16.1. The molecule has 2 rings (SSSR count). The molecule has 1 heterocycles. The van der Waals surface area contributed by atoms with Crippen LogP contribution in [0.5, 0.6) is 0 Å². The lowest BCUT2D eigenvalue weighted by Crippen LogP contribution is -2.63. The number of ether oxygens (including phenoxy) is 6. The minimum absolute atomic E-state index is 0.460. The van der Waals surface area contributed by atoms with Gasteiger partial charge in [0.25, 0.3) is 0 Å². The zero-order valence-corrected chi connectivity index (χ0v) is 19.1. The van der Waals surface area contributed by atoms with Crippen LogP contribution in [0.25, 0.3) is 6.08 Å². The molecule has 11 heteroatoms.